The number of H-pyrrole nitrogens is 1. The van der Waals surface area contributed by atoms with Crippen LogP contribution in [0.5, 0.6) is 5.75 Å². The number of imidazole rings is 1. The second-order valence-corrected chi connectivity index (χ2v) is 11.2. The van der Waals surface area contributed by atoms with Crippen LogP contribution >= 0.6 is 7.75 Å². The van der Waals surface area contributed by atoms with Gasteiger partial charge in [-0.15, -0.1) is 5.92 Å². The van der Waals surface area contributed by atoms with Crippen molar-refractivity contribution in [3.63, 3.8) is 0 Å². The molecule has 1 aliphatic rings. The SMILES string of the molecule is CC#C[C@@]1(O)C(O)[C@@H](COP(=O)(N[C@@H](C)C(=O)OC(C)C)Oc2ccccc2)O[C@H]1n1cnc2c(=O)[nH]c(N)nc21. The number of aromatic nitrogens is 4. The van der Waals surface area contributed by atoms with Crippen molar-refractivity contribution in [2.24, 2.45) is 0 Å². The van der Waals surface area contributed by atoms with E-state index in [1.807, 2.05) is 0 Å². The molecule has 2 unspecified atom stereocenters. The Morgan fingerprint density at radius 1 is 1.34 bits per heavy atom. The maximum atomic E-state index is 13.8. The second kappa shape index (κ2) is 12.0. The number of benzene rings is 1. The van der Waals surface area contributed by atoms with Crippen LogP contribution in [0.2, 0.25) is 0 Å². The first-order chi connectivity index (χ1) is 19.4. The third-order valence-corrected chi connectivity index (χ3v) is 7.59. The number of rotatable bonds is 10. The van der Waals surface area contributed by atoms with Crippen molar-refractivity contribution in [2.75, 3.05) is 12.3 Å². The fraction of sp³-hybridized carbons (Fsp3) is 0.440. The van der Waals surface area contributed by atoms with Gasteiger partial charge >= 0.3 is 13.7 Å². The van der Waals surface area contributed by atoms with E-state index in [4.69, 9.17) is 24.3 Å². The van der Waals surface area contributed by atoms with Gasteiger partial charge in [0.25, 0.3) is 5.56 Å². The summed E-state index contributed by atoms with van der Waals surface area (Å²) in [4.78, 5) is 35.1. The van der Waals surface area contributed by atoms with Crippen LogP contribution in [0.15, 0.2) is 41.5 Å². The number of para-hydroxylation sites is 1. The molecule has 6 atom stereocenters. The van der Waals surface area contributed by atoms with Crippen LogP contribution in [0.4, 0.5) is 5.95 Å². The molecular formula is C25H31N6O9P. The number of anilines is 1. The summed E-state index contributed by atoms with van der Waals surface area (Å²) >= 11 is 0. The number of ether oxygens (including phenoxy) is 2. The number of carbonyl (C=O) groups excluding carboxylic acids is 1. The first kappa shape index (κ1) is 30.2. The minimum Gasteiger partial charge on any atom is -0.462 e. The van der Waals surface area contributed by atoms with E-state index in [0.717, 1.165) is 0 Å². The maximum absolute atomic E-state index is 13.8. The fourth-order valence-corrected chi connectivity index (χ4v) is 5.64. The number of aliphatic hydroxyl groups is 2. The van der Waals surface area contributed by atoms with Gasteiger partial charge in [-0.2, -0.15) is 10.1 Å². The number of fused-ring (bicyclic) bond motifs is 1. The van der Waals surface area contributed by atoms with Crippen molar-refractivity contribution in [2.45, 2.75) is 63.9 Å². The van der Waals surface area contributed by atoms with Gasteiger partial charge in [-0.25, -0.2) is 9.55 Å². The highest BCUT2D eigenvalue weighted by molar-refractivity contribution is 7.52. The number of nitrogens with two attached hydrogens (primary N) is 1. The Bertz CT molecular complexity index is 1570. The number of esters is 1. The van der Waals surface area contributed by atoms with E-state index in [1.54, 1.807) is 32.0 Å². The van der Waals surface area contributed by atoms with Crippen molar-refractivity contribution in [1.29, 1.82) is 0 Å². The van der Waals surface area contributed by atoms with E-state index in [0.29, 0.717) is 0 Å². The largest absolute Gasteiger partial charge is 0.462 e. The van der Waals surface area contributed by atoms with E-state index in [1.165, 1.54) is 36.9 Å². The second-order valence-electron chi connectivity index (χ2n) is 9.48. The highest BCUT2D eigenvalue weighted by atomic mass is 31.2. The van der Waals surface area contributed by atoms with Crippen molar-refractivity contribution in [3.8, 4) is 17.6 Å². The van der Waals surface area contributed by atoms with Crippen LogP contribution in [0, 0.1) is 11.8 Å². The lowest BCUT2D eigenvalue weighted by Crippen LogP contribution is -2.46. The number of hydrogen-bond acceptors (Lipinski definition) is 12. The Morgan fingerprint density at radius 2 is 2.05 bits per heavy atom. The lowest BCUT2D eigenvalue weighted by atomic mass is 9.94. The van der Waals surface area contributed by atoms with Crippen molar-refractivity contribution < 1.29 is 38.1 Å². The normalized spacial score (nSPS) is 24.4. The van der Waals surface area contributed by atoms with E-state index in [9.17, 15) is 24.4 Å². The molecule has 6 N–H and O–H groups in total. The molecule has 220 valence electrons. The predicted molar refractivity (Wildman–Crippen MR) is 145 cm³/mol. The average molecular weight is 591 g/mol. The average Bonchev–Trinajstić information content (AvgIpc) is 3.42. The molecule has 4 rings (SSSR count). The molecule has 1 fully saturated rings. The van der Waals surface area contributed by atoms with Crippen molar-refractivity contribution in [1.82, 2.24) is 24.6 Å². The molecule has 0 amide bonds. The summed E-state index contributed by atoms with van der Waals surface area (Å²) in [6, 6.07) is 6.98. The summed E-state index contributed by atoms with van der Waals surface area (Å²) in [7, 11) is -4.32. The van der Waals surface area contributed by atoms with Gasteiger partial charge in [0.1, 0.15) is 24.0 Å². The maximum Gasteiger partial charge on any atom is 0.459 e. The lowest BCUT2D eigenvalue weighted by Gasteiger charge is -2.26. The molecule has 0 bridgehead atoms. The molecule has 0 spiro atoms. The highest BCUT2D eigenvalue weighted by Crippen LogP contribution is 2.47. The molecule has 1 saturated heterocycles. The van der Waals surface area contributed by atoms with Crippen LogP contribution < -0.4 is 20.9 Å². The monoisotopic (exact) mass is 590 g/mol. The van der Waals surface area contributed by atoms with Gasteiger partial charge < -0.3 is 29.9 Å². The minimum atomic E-state index is -4.32. The predicted octanol–water partition coefficient (Wildman–Crippen LogP) is 0.848. The van der Waals surface area contributed by atoms with Gasteiger partial charge in [0.15, 0.2) is 23.0 Å². The zero-order chi connectivity index (χ0) is 29.9. The molecule has 1 aromatic carbocycles. The van der Waals surface area contributed by atoms with E-state index >= 15 is 0 Å². The molecule has 16 heteroatoms. The first-order valence-electron chi connectivity index (χ1n) is 12.6. The highest BCUT2D eigenvalue weighted by Gasteiger charge is 2.56. The number of nitrogens with one attached hydrogen (secondary N) is 2. The third kappa shape index (κ3) is 6.43. The molecule has 1 aliphatic heterocycles. The van der Waals surface area contributed by atoms with Gasteiger partial charge in [0.05, 0.1) is 19.0 Å². The Labute approximate surface area is 234 Å². The number of nitrogen functional groups attached to an aromatic ring is 1. The molecule has 41 heavy (non-hydrogen) atoms. The van der Waals surface area contributed by atoms with E-state index < -0.39 is 62.1 Å². The molecule has 15 nitrogen and oxygen atoms in total. The van der Waals surface area contributed by atoms with E-state index in [2.05, 4.69) is 31.9 Å². The minimum absolute atomic E-state index is 0.0291. The molecule has 0 radical (unpaired) electrons. The van der Waals surface area contributed by atoms with Crippen molar-refractivity contribution >= 4 is 30.8 Å². The first-order valence-corrected chi connectivity index (χ1v) is 14.1. The van der Waals surface area contributed by atoms with Crippen LogP contribution in [0.3, 0.4) is 0 Å². The Hall–Kier alpha value is -3.77. The summed E-state index contributed by atoms with van der Waals surface area (Å²) in [5.41, 5.74) is 2.71. The van der Waals surface area contributed by atoms with E-state index in [-0.39, 0.29) is 22.9 Å². The van der Waals surface area contributed by atoms with Gasteiger partial charge in [-0.3, -0.25) is 23.7 Å². The summed E-state index contributed by atoms with van der Waals surface area (Å²) < 4.78 is 37.4. The van der Waals surface area contributed by atoms with Crippen LogP contribution in [0.1, 0.15) is 33.9 Å². The summed E-state index contributed by atoms with van der Waals surface area (Å²) in [5, 5.41) is 25.1. The molecule has 3 heterocycles. The number of aromatic amines is 1. The Kier molecular flexibility index (Phi) is 8.83. The molecule has 0 saturated carbocycles. The smallest absolute Gasteiger partial charge is 0.459 e. The zero-order valence-electron chi connectivity index (χ0n) is 22.7. The molecule has 0 aliphatic carbocycles. The van der Waals surface area contributed by atoms with Crippen LogP contribution in [-0.4, -0.2) is 72.3 Å². The third-order valence-electron chi connectivity index (χ3n) is 5.95. The quantitative estimate of drug-likeness (QED) is 0.126. The molecule has 3 aromatic rings. The van der Waals surface area contributed by atoms with Crippen LogP contribution in [-0.2, 0) is 23.4 Å². The lowest BCUT2D eigenvalue weighted by molar-refractivity contribution is -0.149. The zero-order valence-corrected chi connectivity index (χ0v) is 23.6. The van der Waals surface area contributed by atoms with Crippen LogP contribution in [0.25, 0.3) is 11.2 Å². The topological polar surface area (TPSA) is 213 Å². The number of carbonyl (C=O) groups is 1. The molecule has 2 aromatic heterocycles. The number of hydrogen-bond donors (Lipinski definition) is 5. The summed E-state index contributed by atoms with van der Waals surface area (Å²) in [6.07, 6.45) is -3.69. The van der Waals surface area contributed by atoms with Gasteiger partial charge in [-0.1, -0.05) is 24.1 Å². The summed E-state index contributed by atoms with van der Waals surface area (Å²) in [5.74, 6) is 4.36. The molecular weight excluding hydrogens is 559 g/mol. The summed E-state index contributed by atoms with van der Waals surface area (Å²) in [6.45, 7) is 5.62. The standard InChI is InChI=1S/C25H31N6O9P/c1-5-11-25(35)19(32)17(39-23(25)31-13-27-18-20(31)28-24(26)29-21(18)33)12-37-41(36,40-16-9-7-6-8-10-16)30-15(4)22(34)38-14(2)3/h6-10,13-15,17,19,23,32,35H,12H2,1-4H3,(H,30,36)(H3,26,28,29,33)/t15-,17+,19?,23+,25+,41?/m0/s1. The number of nitrogens with zero attached hydrogens (tertiary/aromatic N) is 3. The Balaban J connectivity index is 1.62. The Morgan fingerprint density at radius 3 is 2.71 bits per heavy atom. The van der Waals surface area contributed by atoms with Gasteiger partial charge in [0, 0.05) is 0 Å². The number of aliphatic hydroxyl groups excluding tert-OH is 1. The van der Waals surface area contributed by atoms with Gasteiger partial charge in [0.2, 0.25) is 5.95 Å². The van der Waals surface area contributed by atoms with Crippen molar-refractivity contribution in [3.05, 3.63) is 47.0 Å². The van der Waals surface area contributed by atoms with Gasteiger partial charge in [-0.05, 0) is 39.8 Å². The fourth-order valence-electron chi connectivity index (χ4n) is 4.14.